The van der Waals surface area contributed by atoms with Gasteiger partial charge in [-0.2, -0.15) is 5.10 Å². The Morgan fingerprint density at radius 1 is 0.844 bits per heavy atom. The summed E-state index contributed by atoms with van der Waals surface area (Å²) in [5.41, 5.74) is 3.81. The van der Waals surface area contributed by atoms with Gasteiger partial charge in [-0.15, -0.1) is 37.2 Å². The zero-order chi connectivity index (χ0) is 20.0. The van der Waals surface area contributed by atoms with Crippen molar-refractivity contribution in [3.8, 4) is 28.2 Å². The third-order valence-electron chi connectivity index (χ3n) is 4.66. The normalized spacial score (nSPS) is 10.2. The number of imidazole rings is 1. The molecule has 0 atom stereocenters. The maximum atomic E-state index is 14.3. The second-order valence-corrected chi connectivity index (χ2v) is 6.87. The Balaban J connectivity index is 0.00000121. The summed E-state index contributed by atoms with van der Waals surface area (Å²) >= 11 is 5.93. The van der Waals surface area contributed by atoms with Gasteiger partial charge in [-0.1, -0.05) is 17.7 Å². The number of halogens is 6. The van der Waals surface area contributed by atoms with E-state index in [9.17, 15) is 8.78 Å². The molecule has 0 fully saturated rings. The van der Waals surface area contributed by atoms with Gasteiger partial charge in [-0.05, 0) is 42.0 Å². The fraction of sp³-hybridized carbons (Fsp3) is 0. The van der Waals surface area contributed by atoms with Crippen LogP contribution < -0.4 is 0 Å². The lowest BCUT2D eigenvalue weighted by Gasteiger charge is -2.07. The smallest absolute Gasteiger partial charge is 0.138 e. The Kier molecular flexibility index (Phi) is 8.20. The van der Waals surface area contributed by atoms with E-state index in [1.54, 1.807) is 30.9 Å². The van der Waals surface area contributed by atoms with Gasteiger partial charge in [0.2, 0.25) is 0 Å². The quantitative estimate of drug-likeness (QED) is 0.291. The number of aromatic amines is 1. The lowest BCUT2D eigenvalue weighted by atomic mass is 10.0. The largest absolute Gasteiger partial charge is 0.283 e. The maximum Gasteiger partial charge on any atom is 0.138 e. The molecule has 5 rings (SSSR count). The van der Waals surface area contributed by atoms with E-state index in [1.165, 1.54) is 12.1 Å². The summed E-state index contributed by atoms with van der Waals surface area (Å²) in [5, 5.41) is 7.42. The fourth-order valence-electron chi connectivity index (χ4n) is 3.27. The minimum Gasteiger partial charge on any atom is -0.283 e. The molecule has 5 nitrogen and oxygen atoms in total. The first kappa shape index (κ1) is 25.5. The Hall–Kier alpha value is -2.71. The highest BCUT2D eigenvalue weighted by atomic mass is 35.5. The van der Waals surface area contributed by atoms with Gasteiger partial charge in [0, 0.05) is 23.4 Å². The van der Waals surface area contributed by atoms with Crippen LogP contribution >= 0.6 is 48.8 Å². The molecule has 0 amide bonds. The summed E-state index contributed by atoms with van der Waals surface area (Å²) in [5.74, 6) is -0.619. The van der Waals surface area contributed by atoms with Crippen molar-refractivity contribution in [2.24, 2.45) is 0 Å². The summed E-state index contributed by atoms with van der Waals surface area (Å²) in [7, 11) is 0. The molecule has 0 radical (unpaired) electrons. The standard InChI is InChI=1S/C21H12ClF2N5.3ClH/c22-13-2-6-20(25-9-13)29-11-26-18-5-1-12(7-19(18)29)16-10-27-28-21(16)15-4-3-14(23)8-17(15)24;;;/h1-11H,(H,27,28);3*1H. The molecule has 0 unspecified atom stereocenters. The molecule has 3 aromatic heterocycles. The monoisotopic (exact) mass is 515 g/mol. The summed E-state index contributed by atoms with van der Waals surface area (Å²) in [6, 6.07) is 12.7. The van der Waals surface area contributed by atoms with E-state index in [1.807, 2.05) is 22.8 Å². The van der Waals surface area contributed by atoms with Gasteiger partial charge >= 0.3 is 0 Å². The molecule has 0 saturated heterocycles. The highest BCUT2D eigenvalue weighted by Gasteiger charge is 2.16. The first-order valence-corrected chi connectivity index (χ1v) is 9.06. The zero-order valence-electron chi connectivity index (χ0n) is 16.0. The van der Waals surface area contributed by atoms with Crippen LogP contribution in [-0.2, 0) is 0 Å². The summed E-state index contributed by atoms with van der Waals surface area (Å²) in [6.07, 6.45) is 4.86. The van der Waals surface area contributed by atoms with E-state index in [0.29, 0.717) is 22.1 Å². The van der Waals surface area contributed by atoms with Crippen molar-refractivity contribution in [2.75, 3.05) is 0 Å². The van der Waals surface area contributed by atoms with Crippen LogP contribution in [0.2, 0.25) is 5.02 Å². The van der Waals surface area contributed by atoms with Crippen molar-refractivity contribution in [3.63, 3.8) is 0 Å². The lowest BCUT2D eigenvalue weighted by Crippen LogP contribution is -1.95. The highest BCUT2D eigenvalue weighted by Crippen LogP contribution is 2.33. The molecular formula is C21H15Cl4F2N5. The number of hydrogen-bond donors (Lipinski definition) is 1. The minimum absolute atomic E-state index is 0. The van der Waals surface area contributed by atoms with E-state index < -0.39 is 11.6 Å². The summed E-state index contributed by atoms with van der Waals surface area (Å²) in [6.45, 7) is 0. The van der Waals surface area contributed by atoms with Crippen molar-refractivity contribution in [3.05, 3.63) is 83.9 Å². The molecular weight excluding hydrogens is 502 g/mol. The second-order valence-electron chi connectivity index (χ2n) is 6.44. The number of hydrogen-bond acceptors (Lipinski definition) is 3. The van der Waals surface area contributed by atoms with Crippen LogP contribution in [0.15, 0.2) is 67.3 Å². The molecule has 3 heterocycles. The molecule has 0 aliphatic heterocycles. The van der Waals surface area contributed by atoms with Gasteiger partial charge in [0.1, 0.15) is 23.8 Å². The molecule has 0 bridgehead atoms. The average Bonchev–Trinajstić information content (AvgIpc) is 3.35. The third kappa shape index (κ3) is 4.56. The van der Waals surface area contributed by atoms with Crippen LogP contribution in [0.1, 0.15) is 0 Å². The number of fused-ring (bicyclic) bond motifs is 1. The number of nitrogens with zero attached hydrogens (tertiary/aromatic N) is 4. The van der Waals surface area contributed by atoms with Crippen molar-refractivity contribution < 1.29 is 8.78 Å². The Morgan fingerprint density at radius 3 is 2.38 bits per heavy atom. The highest BCUT2D eigenvalue weighted by molar-refractivity contribution is 6.30. The predicted molar refractivity (Wildman–Crippen MR) is 129 cm³/mol. The van der Waals surface area contributed by atoms with E-state index in [-0.39, 0.29) is 42.8 Å². The lowest BCUT2D eigenvalue weighted by molar-refractivity contribution is 0.585. The van der Waals surface area contributed by atoms with Gasteiger partial charge in [0.05, 0.1) is 27.9 Å². The molecule has 5 aromatic rings. The first-order valence-electron chi connectivity index (χ1n) is 8.68. The van der Waals surface area contributed by atoms with E-state index in [2.05, 4.69) is 20.2 Å². The minimum atomic E-state index is -0.660. The second kappa shape index (κ2) is 10.3. The number of benzene rings is 2. The number of rotatable bonds is 3. The number of H-pyrrole nitrogens is 1. The van der Waals surface area contributed by atoms with Crippen LogP contribution in [0.5, 0.6) is 0 Å². The van der Waals surface area contributed by atoms with Crippen LogP contribution in [0, 0.1) is 11.6 Å². The van der Waals surface area contributed by atoms with Gasteiger partial charge in [0.25, 0.3) is 0 Å². The molecule has 0 saturated carbocycles. The number of nitrogens with one attached hydrogen (secondary N) is 1. The Morgan fingerprint density at radius 2 is 1.66 bits per heavy atom. The maximum absolute atomic E-state index is 14.3. The molecule has 0 aliphatic carbocycles. The number of pyridine rings is 1. The Labute approximate surface area is 205 Å². The van der Waals surface area contributed by atoms with Crippen LogP contribution in [0.3, 0.4) is 0 Å². The molecule has 0 aliphatic rings. The Bertz CT molecular complexity index is 1350. The molecule has 11 heteroatoms. The molecule has 0 spiro atoms. The molecule has 32 heavy (non-hydrogen) atoms. The predicted octanol–water partition coefficient (Wildman–Crippen LogP) is 6.67. The topological polar surface area (TPSA) is 59.4 Å². The van der Waals surface area contributed by atoms with Crippen molar-refractivity contribution >= 4 is 59.9 Å². The van der Waals surface area contributed by atoms with E-state index in [4.69, 9.17) is 11.6 Å². The third-order valence-corrected chi connectivity index (χ3v) is 4.88. The van der Waals surface area contributed by atoms with Crippen molar-refractivity contribution in [1.29, 1.82) is 0 Å². The van der Waals surface area contributed by atoms with E-state index in [0.717, 1.165) is 22.7 Å². The van der Waals surface area contributed by atoms with E-state index >= 15 is 0 Å². The zero-order valence-corrected chi connectivity index (χ0v) is 19.2. The van der Waals surface area contributed by atoms with Gasteiger partial charge in [-0.3, -0.25) is 9.67 Å². The van der Waals surface area contributed by atoms with Gasteiger partial charge < -0.3 is 0 Å². The van der Waals surface area contributed by atoms with Crippen LogP contribution in [-0.4, -0.2) is 24.7 Å². The first-order chi connectivity index (χ1) is 14.1. The summed E-state index contributed by atoms with van der Waals surface area (Å²) in [4.78, 5) is 8.74. The van der Waals surface area contributed by atoms with Crippen molar-refractivity contribution in [2.45, 2.75) is 0 Å². The number of aromatic nitrogens is 5. The molecule has 166 valence electrons. The average molecular weight is 517 g/mol. The van der Waals surface area contributed by atoms with Crippen LogP contribution in [0.25, 0.3) is 39.2 Å². The summed E-state index contributed by atoms with van der Waals surface area (Å²) < 4.78 is 29.4. The van der Waals surface area contributed by atoms with Crippen molar-refractivity contribution in [1.82, 2.24) is 24.7 Å². The van der Waals surface area contributed by atoms with Gasteiger partial charge in [0.15, 0.2) is 0 Å². The SMILES string of the molecule is Cl.Cl.Cl.Fc1ccc(-c2[nH]ncc2-c2ccc3ncn(-c4ccc(Cl)cn4)c3c2)c(F)c1. The van der Waals surface area contributed by atoms with Gasteiger partial charge in [-0.25, -0.2) is 18.7 Å². The molecule has 2 aromatic carbocycles. The molecule has 1 N–H and O–H groups in total. The van der Waals surface area contributed by atoms with Crippen LogP contribution in [0.4, 0.5) is 8.78 Å². The fourth-order valence-corrected chi connectivity index (χ4v) is 3.38.